The zero-order valence-corrected chi connectivity index (χ0v) is 23.7. The van der Waals surface area contributed by atoms with Crippen molar-refractivity contribution in [3.8, 4) is 17.2 Å². The number of amides is 2. The Morgan fingerprint density at radius 3 is 2.31 bits per heavy atom. The first-order valence-corrected chi connectivity index (χ1v) is 13.5. The molecule has 186 valence electrons. The average Bonchev–Trinajstić information content (AvgIpc) is 3.12. The summed E-state index contributed by atoms with van der Waals surface area (Å²) >= 11 is 13.9. The van der Waals surface area contributed by atoms with Gasteiger partial charge in [0.1, 0.15) is 19.0 Å². The van der Waals surface area contributed by atoms with Gasteiger partial charge >= 0.3 is 0 Å². The number of halogens is 3. The van der Waals surface area contributed by atoms with E-state index in [1.165, 1.54) is 4.90 Å². The number of para-hydroxylation sites is 2. The lowest BCUT2D eigenvalue weighted by atomic mass is 10.2. The first-order chi connectivity index (χ1) is 17.4. The summed E-state index contributed by atoms with van der Waals surface area (Å²) in [6.07, 6.45) is 1.68. The van der Waals surface area contributed by atoms with Gasteiger partial charge in [0.15, 0.2) is 11.5 Å². The fourth-order valence-electron chi connectivity index (χ4n) is 3.37. The Morgan fingerprint density at radius 2 is 1.64 bits per heavy atom. The molecule has 0 atom stereocenters. The Labute approximate surface area is 234 Å². The second-order valence-corrected chi connectivity index (χ2v) is 10.7. The van der Waals surface area contributed by atoms with Crippen molar-refractivity contribution in [2.24, 2.45) is 0 Å². The summed E-state index contributed by atoms with van der Waals surface area (Å²) in [6, 6.07) is 18.3. The van der Waals surface area contributed by atoms with E-state index in [4.69, 9.17) is 25.8 Å². The molecule has 36 heavy (non-hydrogen) atoms. The molecule has 1 heterocycles. The monoisotopic (exact) mass is 651 g/mol. The summed E-state index contributed by atoms with van der Waals surface area (Å²) < 4.78 is 18.3. The highest BCUT2D eigenvalue weighted by molar-refractivity contribution is 9.11. The summed E-state index contributed by atoms with van der Waals surface area (Å²) in [5, 5.41) is 0.328. The van der Waals surface area contributed by atoms with Gasteiger partial charge in [-0.3, -0.25) is 14.5 Å². The number of hydrogen-bond acceptors (Lipinski definition) is 6. The SMILES string of the molecule is COc1ccccc1OCCN1C(=O)S/C(=C\c2cc(Br)c(OCc3ccc(Cl)cc3)c(Br)c2)C1=O. The van der Waals surface area contributed by atoms with Crippen LogP contribution in [0.2, 0.25) is 5.02 Å². The van der Waals surface area contributed by atoms with Crippen LogP contribution in [0.25, 0.3) is 6.08 Å². The minimum absolute atomic E-state index is 0.130. The minimum Gasteiger partial charge on any atom is -0.493 e. The third-order valence-corrected chi connectivity index (χ3v) is 7.47. The third-order valence-electron chi connectivity index (χ3n) is 5.13. The van der Waals surface area contributed by atoms with E-state index in [0.717, 1.165) is 22.9 Å². The van der Waals surface area contributed by atoms with E-state index in [0.29, 0.717) is 42.7 Å². The van der Waals surface area contributed by atoms with E-state index < -0.39 is 0 Å². The molecule has 3 aromatic carbocycles. The molecule has 3 aromatic rings. The van der Waals surface area contributed by atoms with Crippen LogP contribution in [0.15, 0.2) is 74.5 Å². The number of rotatable bonds is 9. The molecule has 0 radical (unpaired) electrons. The molecule has 1 aliphatic heterocycles. The van der Waals surface area contributed by atoms with Crippen LogP contribution < -0.4 is 14.2 Å². The number of imide groups is 1. The molecule has 0 bridgehead atoms. The fraction of sp³-hybridized carbons (Fsp3) is 0.154. The minimum atomic E-state index is -0.357. The summed E-state index contributed by atoms with van der Waals surface area (Å²) in [7, 11) is 1.55. The smallest absolute Gasteiger partial charge is 0.293 e. The second kappa shape index (κ2) is 12.2. The Kier molecular flexibility index (Phi) is 9.00. The van der Waals surface area contributed by atoms with Gasteiger partial charge in [-0.25, -0.2) is 0 Å². The van der Waals surface area contributed by atoms with Crippen molar-refractivity contribution in [2.75, 3.05) is 20.3 Å². The van der Waals surface area contributed by atoms with Crippen molar-refractivity contribution in [1.29, 1.82) is 0 Å². The van der Waals surface area contributed by atoms with E-state index in [1.54, 1.807) is 25.3 Å². The molecular formula is C26H20Br2ClNO5S. The number of thioether (sulfide) groups is 1. The molecule has 1 aliphatic rings. The first-order valence-electron chi connectivity index (χ1n) is 10.7. The van der Waals surface area contributed by atoms with Crippen LogP contribution in [-0.4, -0.2) is 36.3 Å². The Balaban J connectivity index is 1.40. The van der Waals surface area contributed by atoms with E-state index in [9.17, 15) is 9.59 Å². The number of carbonyl (C=O) groups is 2. The van der Waals surface area contributed by atoms with E-state index >= 15 is 0 Å². The van der Waals surface area contributed by atoms with Crippen molar-refractivity contribution in [1.82, 2.24) is 4.90 Å². The molecule has 1 fully saturated rings. The van der Waals surface area contributed by atoms with Gasteiger partial charge < -0.3 is 14.2 Å². The van der Waals surface area contributed by atoms with E-state index in [-0.39, 0.29) is 24.3 Å². The van der Waals surface area contributed by atoms with Gasteiger partial charge in [-0.15, -0.1) is 0 Å². The van der Waals surface area contributed by atoms with Crippen molar-refractivity contribution >= 4 is 72.4 Å². The number of hydrogen-bond donors (Lipinski definition) is 0. The maximum absolute atomic E-state index is 12.9. The molecule has 10 heteroatoms. The Morgan fingerprint density at radius 1 is 0.972 bits per heavy atom. The maximum atomic E-state index is 12.9. The lowest BCUT2D eigenvalue weighted by Gasteiger charge is -2.14. The number of ether oxygens (including phenoxy) is 3. The topological polar surface area (TPSA) is 65.1 Å². The van der Waals surface area contributed by atoms with Crippen molar-refractivity contribution in [3.63, 3.8) is 0 Å². The molecule has 1 saturated heterocycles. The molecule has 2 amide bonds. The summed E-state index contributed by atoms with van der Waals surface area (Å²) in [6.45, 7) is 0.650. The van der Waals surface area contributed by atoms with Crippen LogP contribution in [0.4, 0.5) is 4.79 Å². The van der Waals surface area contributed by atoms with Crippen LogP contribution in [0, 0.1) is 0 Å². The zero-order valence-electron chi connectivity index (χ0n) is 19.0. The predicted molar refractivity (Wildman–Crippen MR) is 149 cm³/mol. The van der Waals surface area contributed by atoms with Crippen molar-refractivity contribution in [3.05, 3.63) is 90.7 Å². The molecule has 0 unspecified atom stereocenters. The molecule has 0 N–H and O–H groups in total. The zero-order chi connectivity index (χ0) is 25.7. The number of benzene rings is 3. The number of methoxy groups -OCH3 is 1. The van der Waals surface area contributed by atoms with Gasteiger partial charge in [-0.05, 0) is 97.2 Å². The highest BCUT2D eigenvalue weighted by Gasteiger charge is 2.35. The largest absolute Gasteiger partial charge is 0.493 e. The number of carbonyl (C=O) groups excluding carboxylic acids is 2. The van der Waals surface area contributed by atoms with Gasteiger partial charge in [0.25, 0.3) is 11.1 Å². The highest BCUT2D eigenvalue weighted by Crippen LogP contribution is 2.38. The lowest BCUT2D eigenvalue weighted by molar-refractivity contribution is -0.123. The van der Waals surface area contributed by atoms with Gasteiger partial charge in [0, 0.05) is 5.02 Å². The normalized spacial score (nSPS) is 14.4. The average molecular weight is 654 g/mol. The maximum Gasteiger partial charge on any atom is 0.293 e. The summed E-state index contributed by atoms with van der Waals surface area (Å²) in [5.41, 5.74) is 1.72. The predicted octanol–water partition coefficient (Wildman–Crippen LogP) is 7.57. The van der Waals surface area contributed by atoms with Gasteiger partial charge in [0.05, 0.1) is 27.5 Å². The second-order valence-electron chi connectivity index (χ2n) is 7.56. The molecule has 0 aliphatic carbocycles. The molecular weight excluding hydrogens is 634 g/mol. The third kappa shape index (κ3) is 6.45. The van der Waals surface area contributed by atoms with Gasteiger partial charge in [-0.1, -0.05) is 35.9 Å². The Bertz CT molecular complexity index is 1290. The molecule has 0 saturated carbocycles. The van der Waals surface area contributed by atoms with Crippen LogP contribution in [0.5, 0.6) is 17.2 Å². The van der Waals surface area contributed by atoms with Crippen molar-refractivity contribution in [2.45, 2.75) is 6.61 Å². The van der Waals surface area contributed by atoms with Crippen LogP contribution in [0.3, 0.4) is 0 Å². The summed E-state index contributed by atoms with van der Waals surface area (Å²) in [5.74, 6) is 1.41. The molecule has 4 rings (SSSR count). The molecule has 0 aromatic heterocycles. The van der Waals surface area contributed by atoms with Crippen molar-refractivity contribution < 1.29 is 23.8 Å². The standard InChI is InChI=1S/C26H20Br2ClNO5S/c1-33-21-4-2-3-5-22(21)34-11-10-30-25(31)23(36-26(30)32)14-17-12-19(27)24(20(28)13-17)35-15-16-6-8-18(29)9-7-16/h2-9,12-14H,10-11,15H2,1H3/b23-14-. The first kappa shape index (κ1) is 26.6. The van der Waals surface area contributed by atoms with Crippen LogP contribution >= 0.6 is 55.2 Å². The lowest BCUT2D eigenvalue weighted by Crippen LogP contribution is -2.32. The Hall–Kier alpha value is -2.46. The highest BCUT2D eigenvalue weighted by atomic mass is 79.9. The van der Waals surface area contributed by atoms with Gasteiger partial charge in [-0.2, -0.15) is 0 Å². The molecule has 0 spiro atoms. The fourth-order valence-corrected chi connectivity index (χ4v) is 5.81. The number of nitrogens with zero attached hydrogens (tertiary/aromatic N) is 1. The van der Waals surface area contributed by atoms with E-state index in [1.807, 2.05) is 48.5 Å². The molecule has 6 nitrogen and oxygen atoms in total. The van der Waals surface area contributed by atoms with Gasteiger partial charge in [0.2, 0.25) is 0 Å². The van der Waals surface area contributed by atoms with E-state index in [2.05, 4.69) is 31.9 Å². The van der Waals surface area contributed by atoms with Crippen LogP contribution in [-0.2, 0) is 11.4 Å². The summed E-state index contributed by atoms with van der Waals surface area (Å²) in [4.78, 5) is 26.9. The van der Waals surface area contributed by atoms with Crippen LogP contribution in [0.1, 0.15) is 11.1 Å². The quantitative estimate of drug-likeness (QED) is 0.222.